The van der Waals surface area contributed by atoms with Crippen molar-refractivity contribution in [3.63, 3.8) is 0 Å². The van der Waals surface area contributed by atoms with Gasteiger partial charge in [-0.2, -0.15) is 5.26 Å². The van der Waals surface area contributed by atoms with Crippen LogP contribution in [-0.4, -0.2) is 23.9 Å². The van der Waals surface area contributed by atoms with Crippen LogP contribution in [0.1, 0.15) is 24.4 Å². The monoisotopic (exact) mass is 241 g/mol. The van der Waals surface area contributed by atoms with Crippen molar-refractivity contribution in [1.82, 2.24) is 10.2 Å². The molecule has 0 bridgehead atoms. The molecule has 2 aliphatic heterocycles. The van der Waals surface area contributed by atoms with Gasteiger partial charge in [-0.05, 0) is 18.4 Å². The molecule has 1 aromatic carbocycles. The van der Waals surface area contributed by atoms with E-state index in [4.69, 9.17) is 5.26 Å². The Morgan fingerprint density at radius 3 is 2.83 bits per heavy atom. The summed E-state index contributed by atoms with van der Waals surface area (Å²) in [5, 5.41) is 12.0. The SMILES string of the molecule is N#CN1CCC2(C[C@H](c3ccccc3)NC2=O)C1. The Balaban J connectivity index is 1.82. The number of nitriles is 1. The molecule has 1 aromatic rings. The zero-order chi connectivity index (χ0) is 12.6. The first-order valence-electron chi connectivity index (χ1n) is 6.24. The van der Waals surface area contributed by atoms with Gasteiger partial charge in [-0.1, -0.05) is 30.3 Å². The molecule has 3 rings (SSSR count). The third kappa shape index (κ3) is 1.63. The van der Waals surface area contributed by atoms with Crippen molar-refractivity contribution in [2.24, 2.45) is 5.41 Å². The molecule has 2 fully saturated rings. The summed E-state index contributed by atoms with van der Waals surface area (Å²) >= 11 is 0. The Bertz CT molecular complexity index is 508. The van der Waals surface area contributed by atoms with Gasteiger partial charge in [0.05, 0.1) is 11.5 Å². The zero-order valence-corrected chi connectivity index (χ0v) is 10.1. The quantitative estimate of drug-likeness (QED) is 0.756. The van der Waals surface area contributed by atoms with E-state index in [0.29, 0.717) is 13.1 Å². The fourth-order valence-electron chi connectivity index (χ4n) is 3.04. The van der Waals surface area contributed by atoms with E-state index in [9.17, 15) is 4.79 Å². The molecule has 1 amide bonds. The molecule has 4 nitrogen and oxygen atoms in total. The number of likely N-dealkylation sites (tertiary alicyclic amines) is 1. The van der Waals surface area contributed by atoms with Gasteiger partial charge in [0, 0.05) is 13.1 Å². The predicted molar refractivity (Wildman–Crippen MR) is 66.2 cm³/mol. The standard InChI is InChI=1S/C14H15N3O/c15-10-17-7-6-14(9-17)8-12(16-13(14)18)11-4-2-1-3-5-11/h1-5,12H,6-9H2,(H,16,18)/t12-,14?/m1/s1. The minimum atomic E-state index is -0.351. The van der Waals surface area contributed by atoms with Crippen molar-refractivity contribution in [2.75, 3.05) is 13.1 Å². The van der Waals surface area contributed by atoms with E-state index in [1.54, 1.807) is 4.90 Å². The molecule has 1 N–H and O–H groups in total. The summed E-state index contributed by atoms with van der Waals surface area (Å²) in [4.78, 5) is 13.9. The first-order chi connectivity index (χ1) is 8.73. The van der Waals surface area contributed by atoms with Crippen molar-refractivity contribution in [3.8, 4) is 6.19 Å². The molecule has 0 radical (unpaired) electrons. The number of benzene rings is 1. The fourth-order valence-corrected chi connectivity index (χ4v) is 3.04. The average molecular weight is 241 g/mol. The highest BCUT2D eigenvalue weighted by atomic mass is 16.2. The van der Waals surface area contributed by atoms with E-state index in [-0.39, 0.29) is 17.4 Å². The molecule has 2 atom stereocenters. The molecule has 2 aliphatic rings. The van der Waals surface area contributed by atoms with Gasteiger partial charge < -0.3 is 10.2 Å². The highest BCUT2D eigenvalue weighted by Crippen LogP contribution is 2.43. The molecule has 4 heteroatoms. The summed E-state index contributed by atoms with van der Waals surface area (Å²) in [7, 11) is 0. The summed E-state index contributed by atoms with van der Waals surface area (Å²) in [6, 6.07) is 10.1. The Hall–Kier alpha value is -2.02. The Labute approximate surface area is 106 Å². The normalized spacial score (nSPS) is 30.5. The van der Waals surface area contributed by atoms with Gasteiger partial charge in [0.2, 0.25) is 5.91 Å². The summed E-state index contributed by atoms with van der Waals surface area (Å²) in [5.74, 6) is 0.106. The second-order valence-corrected chi connectivity index (χ2v) is 5.19. The number of nitrogens with one attached hydrogen (secondary N) is 1. The topological polar surface area (TPSA) is 56.1 Å². The van der Waals surface area contributed by atoms with Gasteiger partial charge >= 0.3 is 0 Å². The first kappa shape index (κ1) is 11.1. The molecular weight excluding hydrogens is 226 g/mol. The molecule has 1 unspecified atom stereocenters. The van der Waals surface area contributed by atoms with E-state index >= 15 is 0 Å². The first-order valence-corrected chi connectivity index (χ1v) is 6.24. The predicted octanol–water partition coefficient (Wildman–Crippen LogP) is 1.42. The second kappa shape index (κ2) is 4.02. The summed E-state index contributed by atoms with van der Waals surface area (Å²) in [5.41, 5.74) is 0.800. The van der Waals surface area contributed by atoms with Crippen molar-refractivity contribution in [2.45, 2.75) is 18.9 Å². The van der Waals surface area contributed by atoms with Crippen LogP contribution in [0, 0.1) is 16.9 Å². The molecule has 0 saturated carbocycles. The summed E-state index contributed by atoms with van der Waals surface area (Å²) < 4.78 is 0. The lowest BCUT2D eigenvalue weighted by atomic mass is 9.83. The van der Waals surface area contributed by atoms with E-state index in [1.807, 2.05) is 30.3 Å². The number of carbonyl (C=O) groups excluding carboxylic acids is 1. The average Bonchev–Trinajstić information content (AvgIpc) is 2.97. The lowest BCUT2D eigenvalue weighted by molar-refractivity contribution is -0.127. The van der Waals surface area contributed by atoms with Crippen LogP contribution in [0.5, 0.6) is 0 Å². The van der Waals surface area contributed by atoms with E-state index in [1.165, 1.54) is 0 Å². The van der Waals surface area contributed by atoms with E-state index in [2.05, 4.69) is 11.5 Å². The van der Waals surface area contributed by atoms with E-state index in [0.717, 1.165) is 18.4 Å². The minimum Gasteiger partial charge on any atom is -0.349 e. The second-order valence-electron chi connectivity index (χ2n) is 5.19. The third-order valence-corrected chi connectivity index (χ3v) is 4.08. The lowest BCUT2D eigenvalue weighted by Gasteiger charge is -2.18. The van der Waals surface area contributed by atoms with Crippen molar-refractivity contribution < 1.29 is 4.79 Å². The molecule has 2 saturated heterocycles. The highest BCUT2D eigenvalue weighted by Gasteiger charge is 2.51. The maximum atomic E-state index is 12.2. The van der Waals surface area contributed by atoms with Gasteiger partial charge in [-0.25, -0.2) is 0 Å². The minimum absolute atomic E-state index is 0.0948. The van der Waals surface area contributed by atoms with Gasteiger partial charge in [-0.3, -0.25) is 4.79 Å². The maximum absolute atomic E-state index is 12.2. The zero-order valence-electron chi connectivity index (χ0n) is 10.1. The van der Waals surface area contributed by atoms with Crippen LogP contribution in [-0.2, 0) is 4.79 Å². The Morgan fingerprint density at radius 2 is 2.17 bits per heavy atom. The summed E-state index contributed by atoms with van der Waals surface area (Å²) in [6.45, 7) is 1.27. The highest BCUT2D eigenvalue weighted by molar-refractivity contribution is 5.86. The maximum Gasteiger partial charge on any atom is 0.228 e. The van der Waals surface area contributed by atoms with Crippen molar-refractivity contribution in [1.29, 1.82) is 5.26 Å². The largest absolute Gasteiger partial charge is 0.349 e. The Kier molecular flexibility index (Phi) is 2.48. The molecule has 2 heterocycles. The lowest BCUT2D eigenvalue weighted by Crippen LogP contribution is -2.33. The number of carbonyl (C=O) groups is 1. The number of hydrogen-bond donors (Lipinski definition) is 1. The van der Waals surface area contributed by atoms with Crippen LogP contribution in [0.2, 0.25) is 0 Å². The van der Waals surface area contributed by atoms with Crippen LogP contribution >= 0.6 is 0 Å². The smallest absolute Gasteiger partial charge is 0.228 e. The van der Waals surface area contributed by atoms with Crippen LogP contribution in [0.15, 0.2) is 30.3 Å². The van der Waals surface area contributed by atoms with Crippen LogP contribution in [0.4, 0.5) is 0 Å². The van der Waals surface area contributed by atoms with Gasteiger partial charge in [0.15, 0.2) is 6.19 Å². The van der Waals surface area contributed by atoms with Gasteiger partial charge in [0.1, 0.15) is 0 Å². The van der Waals surface area contributed by atoms with Crippen molar-refractivity contribution in [3.05, 3.63) is 35.9 Å². The van der Waals surface area contributed by atoms with Crippen LogP contribution < -0.4 is 5.32 Å². The van der Waals surface area contributed by atoms with Crippen LogP contribution in [0.3, 0.4) is 0 Å². The number of nitrogens with zero attached hydrogens (tertiary/aromatic N) is 2. The molecule has 0 aliphatic carbocycles. The van der Waals surface area contributed by atoms with Crippen molar-refractivity contribution >= 4 is 5.91 Å². The van der Waals surface area contributed by atoms with E-state index < -0.39 is 0 Å². The van der Waals surface area contributed by atoms with Crippen LogP contribution in [0.25, 0.3) is 0 Å². The molecule has 0 aromatic heterocycles. The summed E-state index contributed by atoms with van der Waals surface area (Å²) in [6.07, 6.45) is 3.73. The third-order valence-electron chi connectivity index (χ3n) is 4.08. The van der Waals surface area contributed by atoms with Gasteiger partial charge in [-0.15, -0.1) is 0 Å². The fraction of sp³-hybridized carbons (Fsp3) is 0.429. The molecular formula is C14H15N3O. The Morgan fingerprint density at radius 1 is 1.39 bits per heavy atom. The van der Waals surface area contributed by atoms with Gasteiger partial charge in [0.25, 0.3) is 0 Å². The number of rotatable bonds is 1. The molecule has 1 spiro atoms. The number of amides is 1. The number of hydrogen-bond acceptors (Lipinski definition) is 3. The molecule has 18 heavy (non-hydrogen) atoms. The molecule has 92 valence electrons.